The molecule has 0 radical (unpaired) electrons. The SMILES string of the molecule is COc1cc([N+](=O)[O-])ccc1OCc1ncc(-c2ccc(F)cc2)o1. The first-order chi connectivity index (χ1) is 12.1. The number of nitrogens with zero attached hydrogens (tertiary/aromatic N) is 2. The number of hydrogen-bond acceptors (Lipinski definition) is 6. The first-order valence-electron chi connectivity index (χ1n) is 7.22. The predicted octanol–water partition coefficient (Wildman–Crippen LogP) is 3.98. The Morgan fingerprint density at radius 1 is 1.20 bits per heavy atom. The second kappa shape index (κ2) is 7.00. The summed E-state index contributed by atoms with van der Waals surface area (Å²) in [5, 5.41) is 10.8. The van der Waals surface area contributed by atoms with Crippen molar-refractivity contribution in [2.24, 2.45) is 0 Å². The topological polar surface area (TPSA) is 87.6 Å². The smallest absolute Gasteiger partial charge is 0.273 e. The van der Waals surface area contributed by atoms with Gasteiger partial charge in [0, 0.05) is 11.6 Å². The number of nitro groups is 1. The minimum atomic E-state index is -0.518. The number of non-ortho nitro benzene ring substituents is 1. The largest absolute Gasteiger partial charge is 0.493 e. The van der Waals surface area contributed by atoms with E-state index in [1.54, 1.807) is 12.1 Å². The second-order valence-electron chi connectivity index (χ2n) is 5.01. The lowest BCUT2D eigenvalue weighted by molar-refractivity contribution is -0.385. The van der Waals surface area contributed by atoms with Crippen molar-refractivity contribution >= 4 is 5.69 Å². The zero-order valence-electron chi connectivity index (χ0n) is 13.1. The Kier molecular flexibility index (Phi) is 4.60. The number of benzene rings is 2. The van der Waals surface area contributed by atoms with Crippen LogP contribution in [0.25, 0.3) is 11.3 Å². The summed E-state index contributed by atoms with van der Waals surface area (Å²) >= 11 is 0. The molecule has 2 aromatic carbocycles. The first-order valence-corrected chi connectivity index (χ1v) is 7.22. The molecule has 0 amide bonds. The Hall–Kier alpha value is -3.42. The van der Waals surface area contributed by atoms with Crippen molar-refractivity contribution in [3.05, 3.63) is 70.5 Å². The normalized spacial score (nSPS) is 10.5. The van der Waals surface area contributed by atoms with Crippen LogP contribution in [0.3, 0.4) is 0 Å². The molecule has 0 aliphatic rings. The molecule has 1 aromatic heterocycles. The van der Waals surface area contributed by atoms with Crippen molar-refractivity contribution in [1.82, 2.24) is 4.98 Å². The molecular formula is C17H13FN2O5. The minimum absolute atomic E-state index is 0.00929. The Morgan fingerprint density at radius 3 is 2.64 bits per heavy atom. The number of ether oxygens (including phenoxy) is 2. The molecule has 0 atom stereocenters. The average Bonchev–Trinajstić information content (AvgIpc) is 3.09. The highest BCUT2D eigenvalue weighted by molar-refractivity contribution is 5.56. The van der Waals surface area contributed by atoms with Crippen LogP contribution in [0.2, 0.25) is 0 Å². The molecule has 3 rings (SSSR count). The molecule has 0 aliphatic carbocycles. The molecule has 0 fully saturated rings. The lowest BCUT2D eigenvalue weighted by Crippen LogP contribution is -1.98. The number of hydrogen-bond donors (Lipinski definition) is 0. The summed E-state index contributed by atoms with van der Waals surface area (Å²) in [6.07, 6.45) is 1.51. The predicted molar refractivity (Wildman–Crippen MR) is 85.9 cm³/mol. The van der Waals surface area contributed by atoms with Gasteiger partial charge in [-0.2, -0.15) is 0 Å². The number of oxazole rings is 1. The third-order valence-corrected chi connectivity index (χ3v) is 3.39. The Morgan fingerprint density at radius 2 is 1.96 bits per heavy atom. The van der Waals surface area contributed by atoms with Gasteiger partial charge in [0.15, 0.2) is 23.9 Å². The van der Waals surface area contributed by atoms with E-state index in [4.69, 9.17) is 13.9 Å². The maximum absolute atomic E-state index is 12.9. The molecule has 0 spiro atoms. The first kappa shape index (κ1) is 16.4. The third kappa shape index (κ3) is 3.74. The summed E-state index contributed by atoms with van der Waals surface area (Å²) in [6.45, 7) is 0.00929. The molecule has 0 saturated carbocycles. The molecule has 1 heterocycles. The molecule has 0 N–H and O–H groups in total. The van der Waals surface area contributed by atoms with Gasteiger partial charge >= 0.3 is 0 Å². The van der Waals surface area contributed by atoms with Crippen LogP contribution in [0, 0.1) is 15.9 Å². The number of aromatic nitrogens is 1. The van der Waals surface area contributed by atoms with Crippen molar-refractivity contribution < 1.29 is 23.2 Å². The van der Waals surface area contributed by atoms with Gasteiger partial charge in [0.25, 0.3) is 5.69 Å². The maximum atomic E-state index is 12.9. The standard InChI is InChI=1S/C17H13FN2O5/c1-23-15-8-13(20(21)22)6-7-14(15)24-10-17-19-9-16(25-17)11-2-4-12(18)5-3-11/h2-9H,10H2,1H3. The van der Waals surface area contributed by atoms with E-state index < -0.39 is 4.92 Å². The lowest BCUT2D eigenvalue weighted by atomic mass is 10.2. The highest BCUT2D eigenvalue weighted by Crippen LogP contribution is 2.32. The summed E-state index contributed by atoms with van der Waals surface area (Å²) in [4.78, 5) is 14.4. The average molecular weight is 344 g/mol. The van der Waals surface area contributed by atoms with Gasteiger partial charge in [0.2, 0.25) is 5.89 Å². The van der Waals surface area contributed by atoms with E-state index in [1.807, 2.05) is 0 Å². The molecule has 0 aliphatic heterocycles. The number of methoxy groups -OCH3 is 1. The van der Waals surface area contributed by atoms with E-state index >= 15 is 0 Å². The molecule has 128 valence electrons. The zero-order chi connectivity index (χ0) is 17.8. The highest BCUT2D eigenvalue weighted by atomic mass is 19.1. The van der Waals surface area contributed by atoms with Gasteiger partial charge in [-0.05, 0) is 30.3 Å². The van der Waals surface area contributed by atoms with Crippen molar-refractivity contribution in [3.8, 4) is 22.8 Å². The van der Waals surface area contributed by atoms with Gasteiger partial charge in [-0.15, -0.1) is 0 Å². The van der Waals surface area contributed by atoms with Gasteiger partial charge in [-0.3, -0.25) is 10.1 Å². The van der Waals surface area contributed by atoms with Crippen LogP contribution in [-0.2, 0) is 6.61 Å². The van der Waals surface area contributed by atoms with Crippen LogP contribution in [0.5, 0.6) is 11.5 Å². The molecule has 7 nitrogen and oxygen atoms in total. The molecule has 8 heteroatoms. The summed E-state index contributed by atoms with van der Waals surface area (Å²) in [6, 6.07) is 9.86. The van der Waals surface area contributed by atoms with E-state index in [0.29, 0.717) is 23.0 Å². The van der Waals surface area contributed by atoms with Crippen LogP contribution < -0.4 is 9.47 Å². The van der Waals surface area contributed by atoms with E-state index in [9.17, 15) is 14.5 Å². The van der Waals surface area contributed by atoms with Crippen molar-refractivity contribution in [1.29, 1.82) is 0 Å². The van der Waals surface area contributed by atoms with Gasteiger partial charge in [-0.1, -0.05) is 0 Å². The molecule has 0 saturated heterocycles. The molecular weight excluding hydrogens is 331 g/mol. The number of halogens is 1. The quantitative estimate of drug-likeness (QED) is 0.496. The fourth-order valence-electron chi connectivity index (χ4n) is 2.15. The molecule has 0 bridgehead atoms. The fourth-order valence-corrected chi connectivity index (χ4v) is 2.15. The number of rotatable bonds is 6. The third-order valence-electron chi connectivity index (χ3n) is 3.39. The monoisotopic (exact) mass is 344 g/mol. The minimum Gasteiger partial charge on any atom is -0.493 e. The molecule has 3 aromatic rings. The Bertz CT molecular complexity index is 892. The lowest BCUT2D eigenvalue weighted by Gasteiger charge is -2.08. The van der Waals surface area contributed by atoms with Crippen LogP contribution in [0.15, 0.2) is 53.1 Å². The van der Waals surface area contributed by atoms with E-state index in [1.165, 1.54) is 43.6 Å². The van der Waals surface area contributed by atoms with E-state index in [0.717, 1.165) is 0 Å². The van der Waals surface area contributed by atoms with Crippen LogP contribution in [0.1, 0.15) is 5.89 Å². The van der Waals surface area contributed by atoms with Crippen molar-refractivity contribution in [2.75, 3.05) is 7.11 Å². The van der Waals surface area contributed by atoms with E-state index in [-0.39, 0.29) is 23.9 Å². The Labute approximate surface area is 141 Å². The zero-order valence-corrected chi connectivity index (χ0v) is 13.1. The van der Waals surface area contributed by atoms with Crippen LogP contribution >= 0.6 is 0 Å². The molecule has 0 unspecified atom stereocenters. The van der Waals surface area contributed by atoms with Crippen molar-refractivity contribution in [2.45, 2.75) is 6.61 Å². The summed E-state index contributed by atoms with van der Waals surface area (Å²) in [5.41, 5.74) is 0.590. The Balaban J connectivity index is 1.72. The van der Waals surface area contributed by atoms with Gasteiger partial charge < -0.3 is 13.9 Å². The van der Waals surface area contributed by atoms with Gasteiger partial charge in [0.05, 0.1) is 24.3 Å². The summed E-state index contributed by atoms with van der Waals surface area (Å²) in [5.74, 6) is 1.01. The van der Waals surface area contributed by atoms with Gasteiger partial charge in [-0.25, -0.2) is 9.37 Å². The number of nitro benzene ring substituents is 1. The van der Waals surface area contributed by atoms with Crippen LogP contribution in [0.4, 0.5) is 10.1 Å². The molecule has 25 heavy (non-hydrogen) atoms. The van der Waals surface area contributed by atoms with Crippen molar-refractivity contribution in [3.63, 3.8) is 0 Å². The second-order valence-corrected chi connectivity index (χ2v) is 5.01. The maximum Gasteiger partial charge on any atom is 0.273 e. The van der Waals surface area contributed by atoms with Crippen LogP contribution in [-0.4, -0.2) is 17.0 Å². The summed E-state index contributed by atoms with van der Waals surface area (Å²) < 4.78 is 29.2. The highest BCUT2D eigenvalue weighted by Gasteiger charge is 2.14. The summed E-state index contributed by atoms with van der Waals surface area (Å²) in [7, 11) is 1.39. The fraction of sp³-hybridized carbons (Fsp3) is 0.118. The van der Waals surface area contributed by atoms with E-state index in [2.05, 4.69) is 4.98 Å². The van der Waals surface area contributed by atoms with Gasteiger partial charge in [0.1, 0.15) is 5.82 Å².